The molecule has 5 heteroatoms. The number of thiazole rings is 1. The molecule has 0 saturated heterocycles. The smallest absolute Gasteiger partial charge is 0.170 e. The minimum atomic E-state index is -0.457. The number of benzene rings is 1. The van der Waals surface area contributed by atoms with Gasteiger partial charge in [-0.05, 0) is 18.2 Å². The number of Topliss-reactive ketones (excluding diaryl/α,β-unsaturated/α-hetero) is 1. The minimum absolute atomic E-state index is 0.193. The number of aromatic nitrogens is 1. The van der Waals surface area contributed by atoms with Crippen LogP contribution in [0, 0.1) is 5.82 Å². The molecule has 0 spiro atoms. The van der Waals surface area contributed by atoms with E-state index in [0.717, 1.165) is 4.88 Å². The Kier molecular flexibility index (Phi) is 2.96. The molecular formula is C11H9FN2OS. The molecule has 0 radical (unpaired) electrons. The van der Waals surface area contributed by atoms with Gasteiger partial charge in [0.1, 0.15) is 5.82 Å². The normalized spacial score (nSPS) is 10.3. The van der Waals surface area contributed by atoms with Gasteiger partial charge >= 0.3 is 0 Å². The van der Waals surface area contributed by atoms with E-state index in [2.05, 4.69) is 4.98 Å². The van der Waals surface area contributed by atoms with Gasteiger partial charge in [-0.1, -0.05) is 0 Å². The molecule has 2 rings (SSSR count). The average Bonchev–Trinajstić information content (AvgIpc) is 2.74. The largest absolute Gasteiger partial charge is 0.398 e. The summed E-state index contributed by atoms with van der Waals surface area (Å²) in [4.78, 5) is 16.5. The van der Waals surface area contributed by atoms with Crippen LogP contribution in [0.3, 0.4) is 0 Å². The highest BCUT2D eigenvalue weighted by atomic mass is 32.1. The highest BCUT2D eigenvalue weighted by molar-refractivity contribution is 7.09. The van der Waals surface area contributed by atoms with Gasteiger partial charge in [-0.2, -0.15) is 0 Å². The van der Waals surface area contributed by atoms with Gasteiger partial charge < -0.3 is 5.73 Å². The van der Waals surface area contributed by atoms with Crippen LogP contribution < -0.4 is 5.73 Å². The number of nitrogens with two attached hydrogens (primary N) is 1. The molecule has 16 heavy (non-hydrogen) atoms. The van der Waals surface area contributed by atoms with E-state index in [4.69, 9.17) is 5.73 Å². The minimum Gasteiger partial charge on any atom is -0.398 e. The van der Waals surface area contributed by atoms with Gasteiger partial charge in [-0.3, -0.25) is 9.78 Å². The summed E-state index contributed by atoms with van der Waals surface area (Å²) in [7, 11) is 0. The number of hydrogen-bond acceptors (Lipinski definition) is 4. The van der Waals surface area contributed by atoms with Gasteiger partial charge in [0.25, 0.3) is 0 Å². The number of nitrogen functional groups attached to an aromatic ring is 1. The van der Waals surface area contributed by atoms with Crippen LogP contribution in [0.5, 0.6) is 0 Å². The first-order chi connectivity index (χ1) is 7.66. The molecule has 0 fully saturated rings. The fourth-order valence-corrected chi connectivity index (χ4v) is 1.95. The molecule has 0 unspecified atom stereocenters. The van der Waals surface area contributed by atoms with E-state index in [1.54, 1.807) is 11.7 Å². The van der Waals surface area contributed by atoms with E-state index in [-0.39, 0.29) is 17.8 Å². The maximum Gasteiger partial charge on any atom is 0.170 e. The Morgan fingerprint density at radius 3 is 3.00 bits per heavy atom. The number of halogens is 1. The van der Waals surface area contributed by atoms with Crippen molar-refractivity contribution in [1.29, 1.82) is 0 Å². The summed E-state index contributed by atoms with van der Waals surface area (Å²) in [5.74, 6) is -0.650. The van der Waals surface area contributed by atoms with Crippen molar-refractivity contribution in [2.24, 2.45) is 0 Å². The molecule has 1 aromatic heterocycles. The number of carbonyl (C=O) groups excluding carboxylic acids is 1. The number of nitrogens with zero attached hydrogens (tertiary/aromatic N) is 1. The molecule has 3 nitrogen and oxygen atoms in total. The zero-order chi connectivity index (χ0) is 11.5. The molecule has 0 amide bonds. The lowest BCUT2D eigenvalue weighted by Crippen LogP contribution is -2.06. The van der Waals surface area contributed by atoms with E-state index < -0.39 is 5.82 Å². The predicted octanol–water partition coefficient (Wildman–Crippen LogP) is 2.29. The first-order valence-electron chi connectivity index (χ1n) is 4.62. The third-order valence-corrected chi connectivity index (χ3v) is 2.91. The fraction of sp³-hybridized carbons (Fsp3) is 0.0909. The molecular weight excluding hydrogens is 227 g/mol. The summed E-state index contributed by atoms with van der Waals surface area (Å²) in [6.07, 6.45) is 1.83. The lowest BCUT2D eigenvalue weighted by molar-refractivity contribution is 0.0994. The van der Waals surface area contributed by atoms with Crippen molar-refractivity contribution in [1.82, 2.24) is 4.98 Å². The zero-order valence-corrected chi connectivity index (χ0v) is 9.13. The summed E-state index contributed by atoms with van der Waals surface area (Å²) < 4.78 is 13.0. The molecule has 0 atom stereocenters. The molecule has 82 valence electrons. The highest BCUT2D eigenvalue weighted by Gasteiger charge is 2.12. The van der Waals surface area contributed by atoms with Crippen molar-refractivity contribution in [3.8, 4) is 0 Å². The Labute approximate surface area is 95.7 Å². The van der Waals surface area contributed by atoms with Crippen LogP contribution in [0.15, 0.2) is 29.9 Å². The van der Waals surface area contributed by atoms with Gasteiger partial charge in [0.05, 0.1) is 5.51 Å². The van der Waals surface area contributed by atoms with Gasteiger partial charge in [0.15, 0.2) is 5.78 Å². The van der Waals surface area contributed by atoms with Crippen LogP contribution in [0.1, 0.15) is 15.2 Å². The van der Waals surface area contributed by atoms with Crippen LogP contribution in [-0.2, 0) is 6.42 Å². The fourth-order valence-electron chi connectivity index (χ4n) is 1.35. The third kappa shape index (κ3) is 2.25. The number of rotatable bonds is 3. The monoisotopic (exact) mass is 236 g/mol. The van der Waals surface area contributed by atoms with Crippen molar-refractivity contribution >= 4 is 22.8 Å². The van der Waals surface area contributed by atoms with Gasteiger partial charge in [-0.25, -0.2) is 4.39 Å². The van der Waals surface area contributed by atoms with Crippen LogP contribution in [0.25, 0.3) is 0 Å². The van der Waals surface area contributed by atoms with Crippen LogP contribution in [0.2, 0.25) is 0 Å². The Morgan fingerprint density at radius 1 is 1.50 bits per heavy atom. The lowest BCUT2D eigenvalue weighted by Gasteiger charge is -2.03. The Morgan fingerprint density at radius 2 is 2.31 bits per heavy atom. The average molecular weight is 236 g/mol. The van der Waals surface area contributed by atoms with Crippen molar-refractivity contribution in [3.05, 3.63) is 46.2 Å². The third-order valence-electron chi connectivity index (χ3n) is 2.13. The van der Waals surface area contributed by atoms with E-state index in [1.807, 2.05) is 0 Å². The number of anilines is 1. The van der Waals surface area contributed by atoms with Gasteiger partial charge in [0.2, 0.25) is 0 Å². The predicted molar refractivity (Wildman–Crippen MR) is 61.0 cm³/mol. The SMILES string of the molecule is Nc1ccc(F)cc1C(=O)Cc1cncs1. The second-order valence-electron chi connectivity index (χ2n) is 3.30. The summed E-state index contributed by atoms with van der Waals surface area (Å²) in [6.45, 7) is 0. The lowest BCUT2D eigenvalue weighted by atomic mass is 10.1. The molecule has 0 saturated carbocycles. The Hall–Kier alpha value is -1.75. The van der Waals surface area contributed by atoms with E-state index in [1.165, 1.54) is 29.5 Å². The number of hydrogen-bond donors (Lipinski definition) is 1. The van der Waals surface area contributed by atoms with Crippen molar-refractivity contribution < 1.29 is 9.18 Å². The Balaban J connectivity index is 2.24. The van der Waals surface area contributed by atoms with E-state index in [9.17, 15) is 9.18 Å². The molecule has 0 bridgehead atoms. The van der Waals surface area contributed by atoms with Crippen LogP contribution >= 0.6 is 11.3 Å². The van der Waals surface area contributed by atoms with E-state index >= 15 is 0 Å². The van der Waals surface area contributed by atoms with Crippen molar-refractivity contribution in [2.75, 3.05) is 5.73 Å². The molecule has 1 heterocycles. The number of carbonyl (C=O) groups is 1. The summed E-state index contributed by atoms with van der Waals surface area (Å²) in [6, 6.07) is 3.80. The van der Waals surface area contributed by atoms with Crippen LogP contribution in [-0.4, -0.2) is 10.8 Å². The van der Waals surface area contributed by atoms with Gasteiger partial charge in [0, 0.05) is 28.7 Å². The van der Waals surface area contributed by atoms with Crippen LogP contribution in [0.4, 0.5) is 10.1 Å². The summed E-state index contributed by atoms with van der Waals surface area (Å²) >= 11 is 1.39. The quantitative estimate of drug-likeness (QED) is 0.657. The number of ketones is 1. The van der Waals surface area contributed by atoms with Gasteiger partial charge in [-0.15, -0.1) is 11.3 Å². The molecule has 2 aromatic rings. The summed E-state index contributed by atoms with van der Waals surface area (Å²) in [5, 5.41) is 0. The topological polar surface area (TPSA) is 56.0 Å². The summed E-state index contributed by atoms with van der Waals surface area (Å²) in [5.41, 5.74) is 7.80. The Bertz CT molecular complexity index is 511. The first-order valence-corrected chi connectivity index (χ1v) is 5.50. The zero-order valence-electron chi connectivity index (χ0n) is 8.31. The second kappa shape index (κ2) is 4.40. The molecule has 2 N–H and O–H groups in total. The standard InChI is InChI=1S/C11H9FN2OS/c12-7-1-2-10(13)9(3-7)11(15)4-8-5-14-6-16-8/h1-3,5-6H,4,13H2. The molecule has 0 aliphatic rings. The maximum atomic E-state index is 13.0. The van der Waals surface area contributed by atoms with E-state index in [0.29, 0.717) is 5.69 Å². The van der Waals surface area contributed by atoms with Crippen molar-refractivity contribution in [3.63, 3.8) is 0 Å². The second-order valence-corrected chi connectivity index (χ2v) is 4.27. The highest BCUT2D eigenvalue weighted by Crippen LogP contribution is 2.17. The maximum absolute atomic E-state index is 13.0. The molecule has 0 aliphatic carbocycles. The molecule has 0 aliphatic heterocycles. The van der Waals surface area contributed by atoms with Crippen molar-refractivity contribution in [2.45, 2.75) is 6.42 Å². The molecule has 1 aromatic carbocycles. The first kappa shape index (κ1) is 10.8.